The second-order valence-electron chi connectivity index (χ2n) is 5.22. The van der Waals surface area contributed by atoms with Crippen LogP contribution in [-0.2, 0) is 11.8 Å². The number of nitriles is 1. The Morgan fingerprint density at radius 1 is 1.17 bits per heavy atom. The van der Waals surface area contributed by atoms with E-state index in [0.717, 1.165) is 14.7 Å². The summed E-state index contributed by atoms with van der Waals surface area (Å²) >= 11 is 3.36. The number of rotatable bonds is 3. The molecule has 0 atom stereocenters. The van der Waals surface area contributed by atoms with E-state index in [1.54, 1.807) is 18.2 Å². The number of carbonyl (C=O) groups is 1. The van der Waals surface area contributed by atoms with E-state index in [0.29, 0.717) is 23.2 Å². The summed E-state index contributed by atoms with van der Waals surface area (Å²) in [5.41, 5.74) is 1.72. The first-order chi connectivity index (χ1) is 11.6. The molecule has 0 bridgehead atoms. The van der Waals surface area contributed by atoms with Crippen molar-refractivity contribution in [1.29, 1.82) is 5.26 Å². The van der Waals surface area contributed by atoms with Gasteiger partial charge in [0, 0.05) is 29.0 Å². The minimum absolute atomic E-state index is 0.0511. The number of pyridine rings is 1. The molecule has 0 spiro atoms. The van der Waals surface area contributed by atoms with Gasteiger partial charge in [-0.2, -0.15) is 5.26 Å². The smallest absolute Gasteiger partial charge is 0.276 e. The molecule has 0 aliphatic rings. The molecule has 0 amide bonds. The van der Waals surface area contributed by atoms with Crippen molar-refractivity contribution < 1.29 is 4.79 Å². The van der Waals surface area contributed by atoms with Gasteiger partial charge in [-0.15, -0.1) is 0 Å². The largest absolute Gasteiger partial charge is 0.351 e. The summed E-state index contributed by atoms with van der Waals surface area (Å²) in [4.78, 5) is 24.1. The first-order valence-electron chi connectivity index (χ1n) is 7.09. The Labute approximate surface area is 146 Å². The normalized spacial score (nSPS) is 10.4. The zero-order valence-corrected chi connectivity index (χ0v) is 14.3. The van der Waals surface area contributed by atoms with Crippen LogP contribution in [0, 0.1) is 11.3 Å². The topological polar surface area (TPSA) is 67.8 Å². The maximum atomic E-state index is 12.6. The van der Waals surface area contributed by atoms with Crippen molar-refractivity contribution >= 4 is 22.3 Å². The molecule has 2 aromatic heterocycles. The summed E-state index contributed by atoms with van der Waals surface area (Å²) in [5, 5.41) is 9.41. The van der Waals surface area contributed by atoms with Gasteiger partial charge in [-0.1, -0.05) is 28.1 Å². The predicted molar refractivity (Wildman–Crippen MR) is 95.1 cm³/mol. The molecular weight excluding hydrogens is 370 g/mol. The van der Waals surface area contributed by atoms with Crippen LogP contribution in [0.15, 0.2) is 57.9 Å². The molecule has 118 valence electrons. The fourth-order valence-corrected chi connectivity index (χ4v) is 2.89. The SMILES string of the molecule is Cn1cccc1-c1cc(-c2ccc(Br)cc2)n(C=O)c(=O)c1C#N. The molecular formula is C18H12BrN3O2. The number of nitrogens with zero attached hydrogens (tertiary/aromatic N) is 3. The standard InChI is InChI=1S/C18H12BrN3O2/c1-21-8-2-3-16(21)14-9-17(12-4-6-13(19)7-5-12)22(11-23)18(24)15(14)10-20/h2-9,11H,1H3. The monoisotopic (exact) mass is 381 g/mol. The van der Waals surface area contributed by atoms with Crippen LogP contribution in [0.1, 0.15) is 5.56 Å². The van der Waals surface area contributed by atoms with E-state index in [2.05, 4.69) is 15.9 Å². The van der Waals surface area contributed by atoms with Gasteiger partial charge in [-0.25, -0.2) is 4.57 Å². The third-order valence-corrected chi connectivity index (χ3v) is 4.35. The molecule has 24 heavy (non-hydrogen) atoms. The Morgan fingerprint density at radius 3 is 2.42 bits per heavy atom. The number of aromatic nitrogens is 2. The minimum Gasteiger partial charge on any atom is -0.351 e. The van der Waals surface area contributed by atoms with Crippen LogP contribution in [0.2, 0.25) is 0 Å². The molecule has 3 aromatic rings. The van der Waals surface area contributed by atoms with Gasteiger partial charge in [-0.3, -0.25) is 9.59 Å². The summed E-state index contributed by atoms with van der Waals surface area (Å²) in [6, 6.07) is 14.6. The Kier molecular flexibility index (Phi) is 4.19. The highest BCUT2D eigenvalue weighted by Crippen LogP contribution is 2.28. The van der Waals surface area contributed by atoms with Crippen LogP contribution in [-0.4, -0.2) is 15.5 Å². The first kappa shape index (κ1) is 16.0. The number of hydrogen-bond acceptors (Lipinski definition) is 3. The lowest BCUT2D eigenvalue weighted by molar-refractivity contribution is 0.546. The average Bonchev–Trinajstić information content (AvgIpc) is 3.00. The van der Waals surface area contributed by atoms with Gasteiger partial charge in [-0.05, 0) is 35.9 Å². The lowest BCUT2D eigenvalue weighted by Gasteiger charge is -2.12. The molecule has 5 nitrogen and oxygen atoms in total. The van der Waals surface area contributed by atoms with Gasteiger partial charge >= 0.3 is 0 Å². The van der Waals surface area contributed by atoms with Gasteiger partial charge in [0.15, 0.2) is 0 Å². The highest BCUT2D eigenvalue weighted by molar-refractivity contribution is 9.10. The summed E-state index contributed by atoms with van der Waals surface area (Å²) < 4.78 is 3.68. The molecule has 3 rings (SSSR count). The number of halogens is 1. The lowest BCUT2D eigenvalue weighted by Crippen LogP contribution is -2.25. The van der Waals surface area contributed by atoms with Crippen LogP contribution in [0.3, 0.4) is 0 Å². The molecule has 0 saturated heterocycles. The Bertz CT molecular complexity index is 1020. The van der Waals surface area contributed by atoms with Crippen molar-refractivity contribution in [2.75, 3.05) is 0 Å². The quantitative estimate of drug-likeness (QED) is 0.654. The van der Waals surface area contributed by atoms with Crippen molar-refractivity contribution in [2.24, 2.45) is 7.05 Å². The van der Waals surface area contributed by atoms with E-state index in [1.807, 2.05) is 48.1 Å². The van der Waals surface area contributed by atoms with E-state index < -0.39 is 5.56 Å². The zero-order chi connectivity index (χ0) is 17.3. The van der Waals surface area contributed by atoms with Crippen LogP contribution in [0.4, 0.5) is 0 Å². The molecule has 0 saturated carbocycles. The fourth-order valence-electron chi connectivity index (χ4n) is 2.62. The van der Waals surface area contributed by atoms with Crippen molar-refractivity contribution in [3.63, 3.8) is 0 Å². The maximum Gasteiger partial charge on any atom is 0.276 e. The van der Waals surface area contributed by atoms with Crippen molar-refractivity contribution in [3.05, 3.63) is 69.1 Å². The van der Waals surface area contributed by atoms with Crippen molar-refractivity contribution in [2.45, 2.75) is 0 Å². The molecule has 0 N–H and O–H groups in total. The Hall–Kier alpha value is -2.91. The van der Waals surface area contributed by atoms with Crippen LogP contribution in [0.25, 0.3) is 22.5 Å². The molecule has 0 radical (unpaired) electrons. The van der Waals surface area contributed by atoms with E-state index >= 15 is 0 Å². The van der Waals surface area contributed by atoms with Crippen molar-refractivity contribution in [1.82, 2.24) is 9.13 Å². The predicted octanol–water partition coefficient (Wildman–Crippen LogP) is 3.19. The Balaban J connectivity index is 2.38. The Morgan fingerprint density at radius 2 is 1.88 bits per heavy atom. The number of carbonyl (C=O) groups excluding carboxylic acids is 1. The average molecular weight is 382 g/mol. The van der Waals surface area contributed by atoms with E-state index in [9.17, 15) is 14.9 Å². The molecule has 1 aromatic carbocycles. The second-order valence-corrected chi connectivity index (χ2v) is 6.14. The number of hydrogen-bond donors (Lipinski definition) is 0. The molecule has 6 heteroatoms. The van der Waals surface area contributed by atoms with E-state index in [1.165, 1.54) is 0 Å². The maximum absolute atomic E-state index is 12.6. The van der Waals surface area contributed by atoms with Gasteiger partial charge < -0.3 is 4.57 Å². The summed E-state index contributed by atoms with van der Waals surface area (Å²) in [7, 11) is 1.83. The fraction of sp³-hybridized carbons (Fsp3) is 0.0556. The minimum atomic E-state index is -0.621. The third-order valence-electron chi connectivity index (χ3n) is 3.82. The molecule has 0 unspecified atom stereocenters. The number of benzene rings is 1. The number of aryl methyl sites for hydroxylation is 1. The molecule has 0 aliphatic heterocycles. The molecule has 2 heterocycles. The highest BCUT2D eigenvalue weighted by Gasteiger charge is 2.18. The van der Waals surface area contributed by atoms with Gasteiger partial charge in [0.1, 0.15) is 11.6 Å². The van der Waals surface area contributed by atoms with E-state index in [-0.39, 0.29) is 5.56 Å². The van der Waals surface area contributed by atoms with Gasteiger partial charge in [0.2, 0.25) is 6.41 Å². The molecule has 0 fully saturated rings. The highest BCUT2D eigenvalue weighted by atomic mass is 79.9. The summed E-state index contributed by atoms with van der Waals surface area (Å²) in [6.45, 7) is 0. The lowest BCUT2D eigenvalue weighted by atomic mass is 10.0. The third kappa shape index (κ3) is 2.59. The second kappa shape index (κ2) is 6.30. The van der Waals surface area contributed by atoms with Gasteiger partial charge in [0.05, 0.1) is 5.69 Å². The van der Waals surface area contributed by atoms with Gasteiger partial charge in [0.25, 0.3) is 5.56 Å². The summed E-state index contributed by atoms with van der Waals surface area (Å²) in [6.07, 6.45) is 2.27. The van der Waals surface area contributed by atoms with Crippen LogP contribution >= 0.6 is 15.9 Å². The molecule has 0 aliphatic carbocycles. The first-order valence-corrected chi connectivity index (χ1v) is 7.88. The summed E-state index contributed by atoms with van der Waals surface area (Å²) in [5.74, 6) is 0. The van der Waals surface area contributed by atoms with Crippen LogP contribution < -0.4 is 5.56 Å². The van der Waals surface area contributed by atoms with Crippen molar-refractivity contribution in [3.8, 4) is 28.6 Å². The zero-order valence-electron chi connectivity index (χ0n) is 12.7. The van der Waals surface area contributed by atoms with E-state index in [4.69, 9.17) is 0 Å². The van der Waals surface area contributed by atoms with Crippen LogP contribution in [0.5, 0.6) is 0 Å².